The van der Waals surface area contributed by atoms with E-state index in [1.807, 2.05) is 36.4 Å². The van der Waals surface area contributed by atoms with E-state index in [9.17, 15) is 8.78 Å². The van der Waals surface area contributed by atoms with Gasteiger partial charge < -0.3 is 0 Å². The first-order valence-electron chi connectivity index (χ1n) is 11.3. The summed E-state index contributed by atoms with van der Waals surface area (Å²) in [7, 11) is 0. The van der Waals surface area contributed by atoms with Gasteiger partial charge in [-0.3, -0.25) is 4.98 Å². The number of nitrogens with zero attached hydrogens (tertiary/aromatic N) is 7. The fourth-order valence-electron chi connectivity index (χ4n) is 3.86. The van der Waals surface area contributed by atoms with E-state index in [-0.39, 0.29) is 17.9 Å². The molecule has 0 spiro atoms. The fourth-order valence-corrected chi connectivity index (χ4v) is 3.86. The average Bonchev–Trinajstić information content (AvgIpc) is 3.54. The lowest BCUT2D eigenvalue weighted by Crippen LogP contribution is -2.07. The van der Waals surface area contributed by atoms with Crippen LogP contribution >= 0.6 is 0 Å². The number of tetrazole rings is 1. The molecular weight excluding hydrogens is 450 g/mol. The highest BCUT2D eigenvalue weighted by Crippen LogP contribution is 2.29. The molecule has 0 atom stereocenters. The lowest BCUT2D eigenvalue weighted by Gasteiger charge is -2.09. The van der Waals surface area contributed by atoms with Crippen molar-refractivity contribution < 1.29 is 8.78 Å². The van der Waals surface area contributed by atoms with Crippen LogP contribution in [0.5, 0.6) is 0 Å². The molecule has 2 aromatic carbocycles. The van der Waals surface area contributed by atoms with E-state index in [0.29, 0.717) is 18.1 Å². The zero-order chi connectivity index (χ0) is 24.2. The predicted molar refractivity (Wildman–Crippen MR) is 126 cm³/mol. The molecule has 0 fully saturated rings. The quantitative estimate of drug-likeness (QED) is 0.346. The monoisotopic (exact) mass is 472 g/mol. The highest BCUT2D eigenvalue weighted by molar-refractivity contribution is 5.78. The van der Waals surface area contributed by atoms with Crippen molar-refractivity contribution in [1.29, 1.82) is 0 Å². The normalized spacial score (nSPS) is 11.2. The highest BCUT2D eigenvalue weighted by Gasteiger charge is 2.20. The molecular formula is C25H22F2N8. The second-order valence-electron chi connectivity index (χ2n) is 8.04. The number of hydrogen-bond acceptors (Lipinski definition) is 6. The van der Waals surface area contributed by atoms with Gasteiger partial charge >= 0.3 is 0 Å². The first-order valence-corrected chi connectivity index (χ1v) is 11.3. The Hall–Kier alpha value is -4.34. The number of benzene rings is 2. The topological polar surface area (TPSA) is 98.1 Å². The van der Waals surface area contributed by atoms with E-state index in [1.54, 1.807) is 6.20 Å². The highest BCUT2D eigenvalue weighted by atomic mass is 19.1. The van der Waals surface area contributed by atoms with Gasteiger partial charge in [-0.25, -0.2) is 18.4 Å². The molecule has 10 heteroatoms. The smallest absolute Gasteiger partial charge is 0.205 e. The van der Waals surface area contributed by atoms with E-state index >= 15 is 0 Å². The Kier molecular flexibility index (Phi) is 6.34. The Morgan fingerprint density at radius 3 is 2.43 bits per heavy atom. The van der Waals surface area contributed by atoms with Gasteiger partial charge in [0.05, 0.1) is 17.8 Å². The van der Waals surface area contributed by atoms with Crippen LogP contribution in [0.15, 0.2) is 60.8 Å². The molecule has 0 unspecified atom stereocenters. The second kappa shape index (κ2) is 9.88. The minimum atomic E-state index is -0.674. The van der Waals surface area contributed by atoms with Crippen LogP contribution in [0.3, 0.4) is 0 Å². The van der Waals surface area contributed by atoms with Gasteiger partial charge in [-0.15, -0.1) is 10.2 Å². The van der Waals surface area contributed by atoms with Crippen LogP contribution < -0.4 is 0 Å². The molecule has 8 nitrogen and oxygen atoms in total. The van der Waals surface area contributed by atoms with Gasteiger partial charge in [0, 0.05) is 23.7 Å². The van der Waals surface area contributed by atoms with Crippen LogP contribution in [0.25, 0.3) is 34.0 Å². The van der Waals surface area contributed by atoms with Gasteiger partial charge in [-0.2, -0.15) is 10.3 Å². The molecule has 0 aliphatic rings. The fraction of sp³-hybridized carbons (Fsp3) is 0.200. The van der Waals surface area contributed by atoms with Gasteiger partial charge in [0.2, 0.25) is 5.82 Å². The lowest BCUT2D eigenvalue weighted by atomic mass is 10.0. The minimum Gasteiger partial charge on any atom is -0.256 e. The number of rotatable bonds is 8. The molecule has 0 aliphatic heterocycles. The summed E-state index contributed by atoms with van der Waals surface area (Å²) in [6.45, 7) is 2.33. The van der Waals surface area contributed by atoms with Crippen LogP contribution in [-0.2, 0) is 13.0 Å². The van der Waals surface area contributed by atoms with E-state index in [2.05, 4.69) is 42.6 Å². The van der Waals surface area contributed by atoms with Crippen LogP contribution in [0.1, 0.15) is 31.2 Å². The van der Waals surface area contributed by atoms with Crippen LogP contribution in [0.2, 0.25) is 0 Å². The molecule has 3 heterocycles. The van der Waals surface area contributed by atoms with Gasteiger partial charge in [-0.05, 0) is 35.4 Å². The maximum absolute atomic E-state index is 14.6. The van der Waals surface area contributed by atoms with Crippen molar-refractivity contribution in [3.8, 4) is 34.0 Å². The zero-order valence-corrected chi connectivity index (χ0v) is 19.0. The first-order chi connectivity index (χ1) is 17.1. The molecule has 0 bridgehead atoms. The number of nitrogens with one attached hydrogen (secondary N) is 1. The third-order valence-electron chi connectivity index (χ3n) is 5.60. The SMILES string of the molecule is CCCCc1nc(-c2c(F)cccc2F)n(Cc2ccc(-c3ccccc3-c3nn[nH]n3)nc2)n1. The summed E-state index contributed by atoms with van der Waals surface area (Å²) in [6, 6.07) is 15.2. The number of aromatic nitrogens is 8. The zero-order valence-electron chi connectivity index (χ0n) is 19.0. The Morgan fingerprint density at radius 2 is 1.74 bits per heavy atom. The van der Waals surface area contributed by atoms with Crippen molar-refractivity contribution in [2.24, 2.45) is 0 Å². The molecule has 0 aliphatic carbocycles. The molecule has 176 valence electrons. The number of hydrogen-bond donors (Lipinski definition) is 1. The minimum absolute atomic E-state index is 0.165. The van der Waals surface area contributed by atoms with Gasteiger partial charge in [0.1, 0.15) is 11.6 Å². The lowest BCUT2D eigenvalue weighted by molar-refractivity contribution is 0.581. The van der Waals surface area contributed by atoms with Crippen molar-refractivity contribution in [3.05, 3.63) is 83.8 Å². The Morgan fingerprint density at radius 1 is 0.943 bits per heavy atom. The van der Waals surface area contributed by atoms with E-state index in [4.69, 9.17) is 0 Å². The molecule has 0 saturated carbocycles. The summed E-state index contributed by atoms with van der Waals surface area (Å²) < 4.78 is 30.7. The maximum Gasteiger partial charge on any atom is 0.205 e. The van der Waals surface area contributed by atoms with Crippen LogP contribution in [0, 0.1) is 11.6 Å². The van der Waals surface area contributed by atoms with Crippen molar-refractivity contribution in [2.75, 3.05) is 0 Å². The summed E-state index contributed by atoms with van der Waals surface area (Å²) >= 11 is 0. The number of pyridine rings is 1. The van der Waals surface area contributed by atoms with Gasteiger partial charge in [0.15, 0.2) is 11.6 Å². The molecule has 0 amide bonds. The van der Waals surface area contributed by atoms with E-state index in [0.717, 1.165) is 35.2 Å². The van der Waals surface area contributed by atoms with Gasteiger partial charge in [-0.1, -0.05) is 49.7 Å². The molecule has 0 radical (unpaired) electrons. The summed E-state index contributed by atoms with van der Waals surface area (Å²) in [6.07, 6.45) is 4.21. The maximum atomic E-state index is 14.6. The van der Waals surface area contributed by atoms with Crippen LogP contribution in [-0.4, -0.2) is 40.4 Å². The predicted octanol–water partition coefficient (Wildman–Crippen LogP) is 4.86. The number of unbranched alkanes of at least 4 members (excludes halogenated alkanes) is 1. The Balaban J connectivity index is 1.47. The number of H-pyrrole nitrogens is 1. The van der Waals surface area contributed by atoms with Crippen molar-refractivity contribution >= 4 is 0 Å². The van der Waals surface area contributed by atoms with Gasteiger partial charge in [0.25, 0.3) is 0 Å². The first kappa shape index (κ1) is 22.5. The molecule has 0 saturated heterocycles. The third kappa shape index (κ3) is 4.68. The number of aryl methyl sites for hydroxylation is 1. The van der Waals surface area contributed by atoms with Crippen molar-refractivity contribution in [3.63, 3.8) is 0 Å². The Bertz CT molecular complexity index is 1410. The average molecular weight is 473 g/mol. The summed E-state index contributed by atoms with van der Waals surface area (Å²) in [5, 5.41) is 18.8. The summed E-state index contributed by atoms with van der Waals surface area (Å²) in [5.41, 5.74) is 3.03. The van der Waals surface area contributed by atoms with Crippen molar-refractivity contribution in [1.82, 2.24) is 40.4 Å². The Labute approximate surface area is 200 Å². The third-order valence-corrected chi connectivity index (χ3v) is 5.60. The molecule has 3 aromatic heterocycles. The largest absolute Gasteiger partial charge is 0.256 e. The number of aromatic amines is 1. The van der Waals surface area contributed by atoms with E-state index < -0.39 is 11.6 Å². The second-order valence-corrected chi connectivity index (χ2v) is 8.04. The molecule has 5 aromatic rings. The molecule has 1 N–H and O–H groups in total. The van der Waals surface area contributed by atoms with Crippen molar-refractivity contribution in [2.45, 2.75) is 32.7 Å². The summed E-state index contributed by atoms with van der Waals surface area (Å²) in [4.78, 5) is 9.08. The van der Waals surface area contributed by atoms with Crippen LogP contribution in [0.4, 0.5) is 8.78 Å². The molecule has 35 heavy (non-hydrogen) atoms. The number of halogens is 2. The standard InChI is InChI=1S/C25H22F2N8/c1-2-3-11-22-29-25(23-19(26)9-6-10-20(23)27)35(32-22)15-16-12-13-21(28-14-16)17-7-4-5-8-18(17)24-30-33-34-31-24/h4-10,12-14H,2-3,11,15H2,1H3,(H,30,31,33,34). The summed E-state index contributed by atoms with van der Waals surface area (Å²) in [5.74, 6) is -0.147. The van der Waals surface area contributed by atoms with E-state index in [1.165, 1.54) is 22.9 Å². The molecule has 5 rings (SSSR count).